The number of aliphatic imine (C=N–C) groups is 1. The summed E-state index contributed by atoms with van der Waals surface area (Å²) in [6.07, 6.45) is 1.12. The molecule has 2 aromatic heterocycles. The van der Waals surface area contributed by atoms with Crippen LogP contribution < -0.4 is 17.0 Å². The van der Waals surface area contributed by atoms with Gasteiger partial charge in [0.05, 0.1) is 12.3 Å². The largest absolute Gasteiger partial charge is 0.433 e. The SMILES string of the molecule is Cn1c(N)c(N=Cc2ccc([N+](=O)[O-])o2)c(=O)n(C)c1=O. The standard InChI is InChI=1S/C11H11N5O5/c1-14-9(12)8(10(17)15(2)11(14)18)13-5-6-3-4-7(21-6)16(19)20/h3-5H,12H2,1-2H3. The number of aromatic nitrogens is 2. The average molecular weight is 293 g/mol. The summed E-state index contributed by atoms with van der Waals surface area (Å²) in [5.74, 6) is -0.477. The first-order chi connectivity index (χ1) is 9.82. The normalized spacial score (nSPS) is 11.1. The summed E-state index contributed by atoms with van der Waals surface area (Å²) in [5, 5.41) is 10.5. The van der Waals surface area contributed by atoms with Gasteiger partial charge in [0, 0.05) is 14.1 Å². The van der Waals surface area contributed by atoms with Crippen molar-refractivity contribution in [3.8, 4) is 0 Å². The van der Waals surface area contributed by atoms with Crippen molar-refractivity contribution in [2.24, 2.45) is 19.1 Å². The fraction of sp³-hybridized carbons (Fsp3) is 0.182. The third kappa shape index (κ3) is 2.45. The zero-order valence-electron chi connectivity index (χ0n) is 11.1. The van der Waals surface area contributed by atoms with Crippen molar-refractivity contribution in [1.82, 2.24) is 9.13 Å². The molecule has 0 aliphatic rings. The van der Waals surface area contributed by atoms with Gasteiger partial charge in [-0.15, -0.1) is 0 Å². The van der Waals surface area contributed by atoms with Crippen molar-refractivity contribution < 1.29 is 9.34 Å². The Morgan fingerprint density at radius 1 is 1.33 bits per heavy atom. The van der Waals surface area contributed by atoms with Crippen LogP contribution in [0, 0.1) is 10.1 Å². The van der Waals surface area contributed by atoms with E-state index in [1.807, 2.05) is 0 Å². The zero-order chi connectivity index (χ0) is 15.7. The molecule has 2 N–H and O–H groups in total. The Balaban J connectivity index is 2.48. The van der Waals surface area contributed by atoms with Gasteiger partial charge in [-0.2, -0.15) is 0 Å². The van der Waals surface area contributed by atoms with Crippen LogP contribution in [0.4, 0.5) is 17.4 Å². The minimum Gasteiger partial charge on any atom is -0.400 e. The Hall–Kier alpha value is -3.17. The maximum Gasteiger partial charge on any atom is 0.433 e. The molecule has 2 heterocycles. The molecule has 2 rings (SSSR count). The fourth-order valence-corrected chi connectivity index (χ4v) is 1.60. The molecule has 0 aliphatic heterocycles. The molecule has 0 aromatic carbocycles. The lowest BCUT2D eigenvalue weighted by Crippen LogP contribution is -2.37. The van der Waals surface area contributed by atoms with Gasteiger partial charge in [0.1, 0.15) is 10.7 Å². The van der Waals surface area contributed by atoms with E-state index in [1.54, 1.807) is 0 Å². The lowest BCUT2D eigenvalue weighted by atomic mass is 10.4. The molecule has 10 nitrogen and oxygen atoms in total. The highest BCUT2D eigenvalue weighted by Crippen LogP contribution is 2.16. The van der Waals surface area contributed by atoms with E-state index in [0.717, 1.165) is 21.4 Å². The predicted octanol–water partition coefficient (Wildman–Crippen LogP) is -0.0820. The summed E-state index contributed by atoms with van der Waals surface area (Å²) in [7, 11) is 2.69. The highest BCUT2D eigenvalue weighted by molar-refractivity contribution is 5.80. The Morgan fingerprint density at radius 3 is 2.57 bits per heavy atom. The molecule has 0 fully saturated rings. The van der Waals surface area contributed by atoms with E-state index in [2.05, 4.69) is 4.99 Å². The van der Waals surface area contributed by atoms with E-state index in [9.17, 15) is 19.7 Å². The summed E-state index contributed by atoms with van der Waals surface area (Å²) in [4.78, 5) is 37.2. The molecule has 0 saturated carbocycles. The first kappa shape index (κ1) is 14.2. The van der Waals surface area contributed by atoms with Crippen LogP contribution >= 0.6 is 0 Å². The van der Waals surface area contributed by atoms with Crippen LogP contribution in [0.1, 0.15) is 5.76 Å². The van der Waals surface area contributed by atoms with Crippen molar-refractivity contribution in [3.63, 3.8) is 0 Å². The van der Waals surface area contributed by atoms with Gasteiger partial charge in [-0.3, -0.25) is 24.0 Å². The molecule has 110 valence electrons. The van der Waals surface area contributed by atoms with E-state index in [0.29, 0.717) is 0 Å². The van der Waals surface area contributed by atoms with Gasteiger partial charge in [0.2, 0.25) is 0 Å². The molecule has 0 atom stereocenters. The molecule has 0 radical (unpaired) electrons. The van der Waals surface area contributed by atoms with E-state index in [1.165, 1.54) is 20.2 Å². The molecule has 0 unspecified atom stereocenters. The summed E-state index contributed by atoms with van der Waals surface area (Å²) in [6, 6.07) is 2.48. The number of rotatable bonds is 3. The Bertz CT molecular complexity index is 857. The smallest absolute Gasteiger partial charge is 0.400 e. The Kier molecular flexibility index (Phi) is 3.44. The molecule has 0 amide bonds. The van der Waals surface area contributed by atoms with Crippen LogP contribution in [-0.2, 0) is 14.1 Å². The van der Waals surface area contributed by atoms with Gasteiger partial charge in [-0.1, -0.05) is 0 Å². The number of nitrogens with two attached hydrogens (primary N) is 1. The van der Waals surface area contributed by atoms with Crippen molar-refractivity contribution in [1.29, 1.82) is 0 Å². The van der Waals surface area contributed by atoms with E-state index >= 15 is 0 Å². The monoisotopic (exact) mass is 293 g/mol. The summed E-state index contributed by atoms with van der Waals surface area (Å²) in [5.41, 5.74) is 4.26. The molecular formula is C11H11N5O5. The maximum atomic E-state index is 11.9. The second kappa shape index (κ2) is 5.07. The molecular weight excluding hydrogens is 282 g/mol. The summed E-state index contributed by atoms with van der Waals surface area (Å²) in [6.45, 7) is 0. The highest BCUT2D eigenvalue weighted by atomic mass is 16.6. The van der Waals surface area contributed by atoms with Gasteiger partial charge < -0.3 is 10.2 Å². The first-order valence-electron chi connectivity index (χ1n) is 5.66. The van der Waals surface area contributed by atoms with E-state index < -0.39 is 22.1 Å². The molecule has 2 aromatic rings. The number of furan rings is 1. The van der Waals surface area contributed by atoms with Crippen LogP contribution in [0.5, 0.6) is 0 Å². The molecule has 10 heteroatoms. The second-order valence-electron chi connectivity index (χ2n) is 4.13. The molecule has 0 aliphatic carbocycles. The van der Waals surface area contributed by atoms with E-state index in [-0.39, 0.29) is 17.3 Å². The topological polar surface area (TPSA) is 139 Å². The number of nitrogen functional groups attached to an aromatic ring is 1. The van der Waals surface area contributed by atoms with Crippen molar-refractivity contribution in [2.75, 3.05) is 5.73 Å². The second-order valence-corrected chi connectivity index (χ2v) is 4.13. The first-order valence-corrected chi connectivity index (χ1v) is 5.66. The van der Waals surface area contributed by atoms with Crippen molar-refractivity contribution in [3.05, 3.63) is 48.8 Å². The molecule has 0 bridgehead atoms. The number of nitro groups is 1. The van der Waals surface area contributed by atoms with Crippen LogP contribution in [0.3, 0.4) is 0 Å². The predicted molar refractivity (Wildman–Crippen MR) is 74.0 cm³/mol. The third-order valence-electron chi connectivity index (χ3n) is 2.80. The van der Waals surface area contributed by atoms with Crippen molar-refractivity contribution in [2.45, 2.75) is 0 Å². The van der Waals surface area contributed by atoms with Gasteiger partial charge in [-0.05, 0) is 6.07 Å². The number of nitrogens with zero attached hydrogens (tertiary/aromatic N) is 4. The third-order valence-corrected chi connectivity index (χ3v) is 2.80. The van der Waals surface area contributed by atoms with Gasteiger partial charge in [0.25, 0.3) is 5.56 Å². The van der Waals surface area contributed by atoms with Gasteiger partial charge in [-0.25, -0.2) is 9.79 Å². The summed E-state index contributed by atoms with van der Waals surface area (Å²) < 4.78 is 6.79. The lowest BCUT2D eigenvalue weighted by molar-refractivity contribution is -0.402. The number of hydrogen-bond acceptors (Lipinski definition) is 7. The van der Waals surface area contributed by atoms with Crippen LogP contribution in [-0.4, -0.2) is 20.3 Å². The molecule has 21 heavy (non-hydrogen) atoms. The number of hydrogen-bond donors (Lipinski definition) is 1. The van der Waals surface area contributed by atoms with Crippen molar-refractivity contribution >= 4 is 23.6 Å². The average Bonchev–Trinajstić information content (AvgIpc) is 2.92. The maximum absolute atomic E-state index is 11.9. The fourth-order valence-electron chi connectivity index (χ4n) is 1.60. The minimum atomic E-state index is -0.697. The Labute approximate surface area is 116 Å². The summed E-state index contributed by atoms with van der Waals surface area (Å²) >= 11 is 0. The van der Waals surface area contributed by atoms with Gasteiger partial charge in [0.15, 0.2) is 11.4 Å². The minimum absolute atomic E-state index is 0.0806. The van der Waals surface area contributed by atoms with Crippen LogP contribution in [0.2, 0.25) is 0 Å². The molecule has 0 spiro atoms. The highest BCUT2D eigenvalue weighted by Gasteiger charge is 2.13. The number of anilines is 1. The quantitative estimate of drug-likeness (QED) is 0.477. The van der Waals surface area contributed by atoms with Gasteiger partial charge >= 0.3 is 11.6 Å². The lowest BCUT2D eigenvalue weighted by Gasteiger charge is -2.07. The zero-order valence-corrected chi connectivity index (χ0v) is 11.1. The van der Waals surface area contributed by atoms with Crippen LogP contribution in [0.15, 0.2) is 31.1 Å². The van der Waals surface area contributed by atoms with Crippen LogP contribution in [0.25, 0.3) is 0 Å². The molecule has 0 saturated heterocycles. The van der Waals surface area contributed by atoms with E-state index in [4.69, 9.17) is 10.2 Å². The Morgan fingerprint density at radius 2 is 2.00 bits per heavy atom.